The van der Waals surface area contributed by atoms with Crippen LogP contribution < -0.4 is 40.4 Å². The molecule has 2 atom stereocenters. The number of nitrogens with one attached hydrogen (secondary N) is 4. The van der Waals surface area contributed by atoms with Crippen molar-refractivity contribution >= 4 is 34.9 Å². The number of amides is 4. The summed E-state index contributed by atoms with van der Waals surface area (Å²) in [4.78, 5) is 24.5. The molecule has 4 N–H and O–H groups in total. The average Bonchev–Trinajstić information content (AvgIpc) is 3.15. The van der Waals surface area contributed by atoms with Gasteiger partial charge in [0.25, 0.3) is 12.6 Å². The highest BCUT2D eigenvalue weighted by Gasteiger charge is 2.31. The molecule has 1 aliphatic rings. The first-order chi connectivity index (χ1) is 24.3. The number of rotatable bonds is 12. The topological polar surface area (TPSA) is 162 Å². The fourth-order valence-electron chi connectivity index (χ4n) is 4.55. The third-order valence-electron chi connectivity index (χ3n) is 7.26. The van der Waals surface area contributed by atoms with Crippen molar-refractivity contribution in [3.8, 4) is 23.0 Å². The van der Waals surface area contributed by atoms with E-state index in [2.05, 4.69) is 31.7 Å². The number of ether oxygens (including phenoxy) is 6. The van der Waals surface area contributed by atoms with E-state index in [1.807, 2.05) is 24.3 Å². The van der Waals surface area contributed by atoms with Crippen molar-refractivity contribution < 1.29 is 38.0 Å². The van der Waals surface area contributed by atoms with Gasteiger partial charge in [-0.3, -0.25) is 0 Å². The number of nitrogens with zero attached hydrogens (tertiary/aromatic N) is 2. The Kier molecular flexibility index (Phi) is 12.2. The molecule has 1 aliphatic heterocycles. The summed E-state index contributed by atoms with van der Waals surface area (Å²) in [5.74, 6) is 2.44. The van der Waals surface area contributed by atoms with Crippen molar-refractivity contribution in [3.63, 3.8) is 0 Å². The summed E-state index contributed by atoms with van der Waals surface area (Å²) in [6, 6.07) is 27.3. The first-order valence-corrected chi connectivity index (χ1v) is 15.6. The molecule has 14 nitrogen and oxygen atoms in total. The Hall–Kier alpha value is -6.12. The van der Waals surface area contributed by atoms with Gasteiger partial charge in [-0.05, 0) is 122 Å². The van der Waals surface area contributed by atoms with Gasteiger partial charge < -0.3 is 39.1 Å². The van der Waals surface area contributed by atoms with Crippen LogP contribution in [-0.4, -0.2) is 63.5 Å². The van der Waals surface area contributed by atoms with E-state index in [0.717, 1.165) is 11.1 Å². The summed E-state index contributed by atoms with van der Waals surface area (Å²) in [6.07, 6.45) is -1.66. The van der Waals surface area contributed by atoms with E-state index in [1.165, 1.54) is 0 Å². The molecule has 1 heterocycles. The number of urea groups is 2. The second-order valence-corrected chi connectivity index (χ2v) is 10.7. The smallest absolute Gasteiger partial charge is 0.339 e. The maximum absolute atomic E-state index is 12.3. The van der Waals surface area contributed by atoms with Gasteiger partial charge in [0.05, 0.1) is 38.9 Å². The van der Waals surface area contributed by atoms with Gasteiger partial charge in [0.15, 0.2) is 0 Å². The maximum atomic E-state index is 12.3. The van der Waals surface area contributed by atoms with Gasteiger partial charge in [-0.2, -0.15) is 10.2 Å². The molecule has 2 unspecified atom stereocenters. The minimum atomic E-state index is -0.830. The van der Waals surface area contributed by atoms with Crippen LogP contribution in [0.3, 0.4) is 0 Å². The van der Waals surface area contributed by atoms with Crippen molar-refractivity contribution in [1.29, 1.82) is 0 Å². The number of hydrazone groups is 2. The maximum Gasteiger partial charge on any atom is 0.339 e. The third kappa shape index (κ3) is 10.2. The molecule has 0 aromatic heterocycles. The predicted octanol–water partition coefficient (Wildman–Crippen LogP) is 5.95. The van der Waals surface area contributed by atoms with Crippen molar-refractivity contribution in [2.24, 2.45) is 10.2 Å². The number of anilines is 2. The van der Waals surface area contributed by atoms with E-state index in [0.29, 0.717) is 59.0 Å². The summed E-state index contributed by atoms with van der Waals surface area (Å²) in [5.41, 5.74) is 8.94. The number of hydrogen-bond donors (Lipinski definition) is 4. The van der Waals surface area contributed by atoms with E-state index in [1.54, 1.807) is 101 Å². The minimum absolute atomic E-state index is 0.340. The van der Waals surface area contributed by atoms with Crippen molar-refractivity contribution in [2.75, 3.05) is 38.1 Å². The molecule has 4 aromatic rings. The molecule has 50 heavy (non-hydrogen) atoms. The Morgan fingerprint density at radius 2 is 0.900 bits per heavy atom. The quantitative estimate of drug-likeness (QED) is 0.105. The highest BCUT2D eigenvalue weighted by Crippen LogP contribution is 2.23. The molecule has 14 heteroatoms. The molecule has 0 bridgehead atoms. The first-order valence-electron chi connectivity index (χ1n) is 15.6. The normalized spacial score (nSPS) is 16.1. The van der Waals surface area contributed by atoms with E-state index in [-0.39, 0.29) is 0 Å². The largest absolute Gasteiger partial charge is 0.497 e. The van der Waals surface area contributed by atoms with Gasteiger partial charge in [-0.1, -0.05) is 0 Å². The van der Waals surface area contributed by atoms with Crippen molar-refractivity contribution in [2.45, 2.75) is 26.4 Å². The highest BCUT2D eigenvalue weighted by molar-refractivity contribution is 6.00. The fraction of sp³-hybridized carbons (Fsp3) is 0.222. The summed E-state index contributed by atoms with van der Waals surface area (Å²) >= 11 is 0. The molecule has 0 saturated carbocycles. The van der Waals surface area contributed by atoms with Crippen molar-refractivity contribution in [1.82, 2.24) is 10.9 Å². The van der Waals surface area contributed by atoms with Gasteiger partial charge in [0.2, 0.25) is 0 Å². The lowest BCUT2D eigenvalue weighted by Gasteiger charge is -2.31. The molecule has 0 radical (unpaired) electrons. The molecular weight excluding hydrogens is 644 g/mol. The summed E-state index contributed by atoms with van der Waals surface area (Å²) in [7, 11) is 3.15. The standard InChI is InChI=1S/C36H38N6O8/c1-23(39-41-35(43)37-27-9-17-29(45-3)18-10-27)25-5-13-31(14-6-25)49-33-34(48-22-21-47-33)50-32-15-7-26(8-16-32)24(2)40-42-36(44)38-28-11-19-30(46-4)20-12-28/h5-20,33-34H,21-22H2,1-4H3,(H2,37,41,43)(H2,38,42,44)/b39-23+,40-24+. The van der Waals surface area contributed by atoms with Gasteiger partial charge in [-0.25, -0.2) is 20.4 Å². The molecule has 0 aliphatic carbocycles. The number of benzene rings is 4. The average molecular weight is 683 g/mol. The molecule has 1 saturated heterocycles. The lowest BCUT2D eigenvalue weighted by atomic mass is 10.1. The number of hydrogen-bond acceptors (Lipinski definition) is 10. The van der Waals surface area contributed by atoms with Crippen LogP contribution in [0.4, 0.5) is 21.0 Å². The molecule has 0 spiro atoms. The summed E-state index contributed by atoms with van der Waals surface area (Å²) in [5, 5.41) is 13.8. The van der Waals surface area contributed by atoms with Crippen molar-refractivity contribution in [3.05, 3.63) is 108 Å². The van der Waals surface area contributed by atoms with Gasteiger partial charge >= 0.3 is 12.1 Å². The zero-order chi connectivity index (χ0) is 35.3. The van der Waals surface area contributed by atoms with Gasteiger partial charge in [0.1, 0.15) is 23.0 Å². The van der Waals surface area contributed by atoms with Crippen LogP contribution in [0.1, 0.15) is 25.0 Å². The van der Waals surface area contributed by atoms with E-state index in [9.17, 15) is 9.59 Å². The Morgan fingerprint density at radius 3 is 1.24 bits per heavy atom. The van der Waals surface area contributed by atoms with Crippen LogP contribution >= 0.6 is 0 Å². The van der Waals surface area contributed by atoms with Gasteiger partial charge in [-0.15, -0.1) is 0 Å². The molecule has 1 fully saturated rings. The first kappa shape index (κ1) is 35.2. The zero-order valence-corrected chi connectivity index (χ0v) is 28.0. The fourth-order valence-corrected chi connectivity index (χ4v) is 4.55. The molecule has 4 amide bonds. The van der Waals surface area contributed by atoms with Crippen LogP contribution in [-0.2, 0) is 9.47 Å². The van der Waals surface area contributed by atoms with Crippen LogP contribution in [0.5, 0.6) is 23.0 Å². The number of carbonyl (C=O) groups excluding carboxylic acids is 2. The Labute approximate surface area is 289 Å². The Balaban J connectivity index is 1.10. The van der Waals surface area contributed by atoms with Crippen LogP contribution in [0.2, 0.25) is 0 Å². The van der Waals surface area contributed by atoms with E-state index >= 15 is 0 Å². The number of carbonyl (C=O) groups is 2. The predicted molar refractivity (Wildman–Crippen MR) is 188 cm³/mol. The van der Waals surface area contributed by atoms with Crippen LogP contribution in [0.15, 0.2) is 107 Å². The zero-order valence-electron chi connectivity index (χ0n) is 28.0. The highest BCUT2D eigenvalue weighted by atomic mass is 16.8. The monoisotopic (exact) mass is 682 g/mol. The SMILES string of the molecule is COc1ccc(NC(=O)N/N=C(\C)c2ccc(OC3OCCOC3Oc3ccc(/C(C)=N/NC(=O)Nc4ccc(OC)cc4)cc3)cc2)cc1. The summed E-state index contributed by atoms with van der Waals surface area (Å²) in [6.45, 7) is 4.24. The second kappa shape index (κ2) is 17.3. The molecule has 260 valence electrons. The Morgan fingerprint density at radius 1 is 0.560 bits per heavy atom. The molecular formula is C36H38N6O8. The van der Waals surface area contributed by atoms with E-state index < -0.39 is 24.6 Å². The Bertz CT molecular complexity index is 1650. The third-order valence-corrected chi connectivity index (χ3v) is 7.26. The number of methoxy groups -OCH3 is 2. The lowest BCUT2D eigenvalue weighted by molar-refractivity contribution is -0.271. The lowest BCUT2D eigenvalue weighted by Crippen LogP contribution is -2.45. The molecule has 5 rings (SSSR count). The van der Waals surface area contributed by atoms with Crippen LogP contribution in [0, 0.1) is 0 Å². The molecule has 4 aromatic carbocycles. The summed E-state index contributed by atoms with van der Waals surface area (Å²) < 4.78 is 34.0. The van der Waals surface area contributed by atoms with E-state index in [4.69, 9.17) is 28.4 Å². The van der Waals surface area contributed by atoms with Crippen LogP contribution in [0.25, 0.3) is 0 Å². The minimum Gasteiger partial charge on any atom is -0.497 e. The van der Waals surface area contributed by atoms with Gasteiger partial charge in [0, 0.05) is 11.4 Å². The second-order valence-electron chi connectivity index (χ2n) is 10.7.